The van der Waals surface area contributed by atoms with E-state index in [9.17, 15) is 5.11 Å². The minimum absolute atomic E-state index is 0.303. The fourth-order valence-corrected chi connectivity index (χ4v) is 1.81. The van der Waals surface area contributed by atoms with Crippen LogP contribution >= 0.6 is 0 Å². The first kappa shape index (κ1) is 10.7. The van der Waals surface area contributed by atoms with E-state index in [2.05, 4.69) is 10.2 Å². The Kier molecular flexibility index (Phi) is 2.64. The lowest BCUT2D eigenvalue weighted by Gasteiger charge is -2.09. The van der Waals surface area contributed by atoms with Crippen LogP contribution in [0.25, 0.3) is 11.5 Å². The highest BCUT2D eigenvalue weighted by Crippen LogP contribution is 2.30. The van der Waals surface area contributed by atoms with Gasteiger partial charge in [-0.05, 0) is 36.6 Å². The SMILES string of the molecule is CCc1c(-c2nnc(C)o2)ccc(O)c1C. The molecule has 0 atom stereocenters. The highest BCUT2D eigenvalue weighted by Gasteiger charge is 2.14. The molecule has 2 rings (SSSR count). The molecule has 1 N–H and O–H groups in total. The molecule has 0 bridgehead atoms. The van der Waals surface area contributed by atoms with Crippen LogP contribution in [0.4, 0.5) is 0 Å². The lowest BCUT2D eigenvalue weighted by Crippen LogP contribution is -1.92. The van der Waals surface area contributed by atoms with Crippen molar-refractivity contribution in [3.05, 3.63) is 29.2 Å². The molecule has 16 heavy (non-hydrogen) atoms. The standard InChI is InChI=1S/C12H14N2O2/c1-4-9-7(2)11(15)6-5-10(9)12-14-13-8(3)16-12/h5-6,15H,4H2,1-3H3. The largest absolute Gasteiger partial charge is 0.508 e. The molecule has 0 aliphatic carbocycles. The van der Waals surface area contributed by atoms with Gasteiger partial charge in [0.05, 0.1) is 0 Å². The molecular formula is C12H14N2O2. The van der Waals surface area contributed by atoms with Gasteiger partial charge in [-0.3, -0.25) is 0 Å². The summed E-state index contributed by atoms with van der Waals surface area (Å²) < 4.78 is 5.40. The number of hydrogen-bond acceptors (Lipinski definition) is 4. The zero-order chi connectivity index (χ0) is 11.7. The van der Waals surface area contributed by atoms with Crippen LogP contribution in [-0.4, -0.2) is 15.3 Å². The van der Waals surface area contributed by atoms with Gasteiger partial charge < -0.3 is 9.52 Å². The molecular weight excluding hydrogens is 204 g/mol. The number of nitrogens with zero attached hydrogens (tertiary/aromatic N) is 2. The second-order valence-electron chi connectivity index (χ2n) is 3.72. The summed E-state index contributed by atoms with van der Waals surface area (Å²) >= 11 is 0. The molecule has 1 aromatic carbocycles. The summed E-state index contributed by atoms with van der Waals surface area (Å²) in [6.45, 7) is 5.69. The molecule has 84 valence electrons. The minimum Gasteiger partial charge on any atom is -0.508 e. The maximum atomic E-state index is 9.64. The number of aryl methyl sites for hydroxylation is 1. The average molecular weight is 218 g/mol. The molecule has 0 unspecified atom stereocenters. The van der Waals surface area contributed by atoms with Crippen LogP contribution in [-0.2, 0) is 6.42 Å². The first-order chi connectivity index (χ1) is 7.63. The molecule has 1 aromatic heterocycles. The van der Waals surface area contributed by atoms with Crippen molar-refractivity contribution < 1.29 is 9.52 Å². The van der Waals surface area contributed by atoms with E-state index in [1.54, 1.807) is 13.0 Å². The van der Waals surface area contributed by atoms with Crippen molar-refractivity contribution in [3.8, 4) is 17.2 Å². The van der Waals surface area contributed by atoms with Crippen LogP contribution < -0.4 is 0 Å². The number of phenols is 1. The molecule has 4 nitrogen and oxygen atoms in total. The smallest absolute Gasteiger partial charge is 0.248 e. The van der Waals surface area contributed by atoms with E-state index in [1.807, 2.05) is 19.9 Å². The number of benzene rings is 1. The Hall–Kier alpha value is -1.84. The zero-order valence-electron chi connectivity index (χ0n) is 9.61. The summed E-state index contributed by atoms with van der Waals surface area (Å²) in [7, 11) is 0. The third-order valence-corrected chi connectivity index (χ3v) is 2.68. The summed E-state index contributed by atoms with van der Waals surface area (Å²) in [6.07, 6.45) is 0.816. The summed E-state index contributed by atoms with van der Waals surface area (Å²) in [6, 6.07) is 3.47. The van der Waals surface area contributed by atoms with Gasteiger partial charge in [0.15, 0.2) is 0 Å². The van der Waals surface area contributed by atoms with Gasteiger partial charge >= 0.3 is 0 Å². The fraction of sp³-hybridized carbons (Fsp3) is 0.333. The third-order valence-electron chi connectivity index (χ3n) is 2.68. The second kappa shape index (κ2) is 3.96. The number of phenolic OH excluding ortho intramolecular Hbond substituents is 1. The lowest BCUT2D eigenvalue weighted by atomic mass is 9.99. The molecule has 0 saturated heterocycles. The van der Waals surface area contributed by atoms with Crippen molar-refractivity contribution >= 4 is 0 Å². The molecule has 0 saturated carbocycles. The molecule has 0 fully saturated rings. The van der Waals surface area contributed by atoms with E-state index in [0.29, 0.717) is 17.5 Å². The van der Waals surface area contributed by atoms with E-state index >= 15 is 0 Å². The van der Waals surface area contributed by atoms with Crippen LogP contribution in [0.5, 0.6) is 5.75 Å². The second-order valence-corrected chi connectivity index (χ2v) is 3.72. The van der Waals surface area contributed by atoms with Gasteiger partial charge in [0.25, 0.3) is 0 Å². The van der Waals surface area contributed by atoms with Gasteiger partial charge in [-0.15, -0.1) is 10.2 Å². The average Bonchev–Trinajstić information content (AvgIpc) is 2.68. The third kappa shape index (κ3) is 1.66. The van der Waals surface area contributed by atoms with Gasteiger partial charge in [-0.1, -0.05) is 6.92 Å². The van der Waals surface area contributed by atoms with Crippen LogP contribution in [0.2, 0.25) is 0 Å². The van der Waals surface area contributed by atoms with Crippen molar-refractivity contribution in [3.63, 3.8) is 0 Å². The van der Waals surface area contributed by atoms with Crippen LogP contribution in [0.3, 0.4) is 0 Å². The van der Waals surface area contributed by atoms with E-state index in [-0.39, 0.29) is 0 Å². The van der Waals surface area contributed by atoms with Crippen LogP contribution in [0, 0.1) is 13.8 Å². The Morgan fingerprint density at radius 2 is 2.00 bits per heavy atom. The summed E-state index contributed by atoms with van der Waals surface area (Å²) in [4.78, 5) is 0. The summed E-state index contributed by atoms with van der Waals surface area (Å²) in [5.41, 5.74) is 2.82. The van der Waals surface area contributed by atoms with E-state index in [0.717, 1.165) is 23.1 Å². The highest BCUT2D eigenvalue weighted by atomic mass is 16.4. The molecule has 4 heteroatoms. The molecule has 0 radical (unpaired) electrons. The van der Waals surface area contributed by atoms with Gasteiger partial charge in [0, 0.05) is 12.5 Å². The van der Waals surface area contributed by atoms with Crippen molar-refractivity contribution in [2.24, 2.45) is 0 Å². The van der Waals surface area contributed by atoms with Gasteiger partial charge in [0.1, 0.15) is 5.75 Å². The zero-order valence-corrected chi connectivity index (χ0v) is 9.61. The van der Waals surface area contributed by atoms with Crippen LogP contribution in [0.15, 0.2) is 16.5 Å². The number of aromatic hydroxyl groups is 1. The molecule has 0 spiro atoms. The summed E-state index contributed by atoms with van der Waals surface area (Å²) in [5, 5.41) is 17.4. The first-order valence-corrected chi connectivity index (χ1v) is 5.25. The maximum absolute atomic E-state index is 9.64. The van der Waals surface area contributed by atoms with Crippen LogP contribution in [0.1, 0.15) is 23.9 Å². The Bertz CT molecular complexity index is 518. The monoisotopic (exact) mass is 218 g/mol. The quantitative estimate of drug-likeness (QED) is 0.841. The Morgan fingerprint density at radius 1 is 1.25 bits per heavy atom. The normalized spacial score (nSPS) is 10.7. The molecule has 2 aromatic rings. The van der Waals surface area contributed by atoms with Crippen molar-refractivity contribution in [2.45, 2.75) is 27.2 Å². The van der Waals surface area contributed by atoms with E-state index < -0.39 is 0 Å². The molecule has 1 heterocycles. The Morgan fingerprint density at radius 3 is 2.56 bits per heavy atom. The number of hydrogen-bond donors (Lipinski definition) is 1. The Balaban J connectivity index is 2.61. The fourth-order valence-electron chi connectivity index (χ4n) is 1.81. The predicted molar refractivity (Wildman–Crippen MR) is 60.3 cm³/mol. The minimum atomic E-state index is 0.303. The number of rotatable bonds is 2. The lowest BCUT2D eigenvalue weighted by molar-refractivity contribution is 0.470. The van der Waals surface area contributed by atoms with Gasteiger partial charge in [0.2, 0.25) is 11.8 Å². The topological polar surface area (TPSA) is 59.2 Å². The molecule has 0 aliphatic rings. The summed E-state index contributed by atoms with van der Waals surface area (Å²) in [5.74, 6) is 1.36. The molecule has 0 aliphatic heterocycles. The predicted octanol–water partition coefficient (Wildman–Crippen LogP) is 2.62. The van der Waals surface area contributed by atoms with E-state index in [4.69, 9.17) is 4.42 Å². The highest BCUT2D eigenvalue weighted by molar-refractivity contribution is 5.63. The van der Waals surface area contributed by atoms with Crippen molar-refractivity contribution in [1.29, 1.82) is 0 Å². The Labute approximate surface area is 93.9 Å². The maximum Gasteiger partial charge on any atom is 0.248 e. The van der Waals surface area contributed by atoms with Crippen molar-refractivity contribution in [2.75, 3.05) is 0 Å². The molecule has 0 amide bonds. The first-order valence-electron chi connectivity index (χ1n) is 5.25. The van der Waals surface area contributed by atoms with Gasteiger partial charge in [-0.2, -0.15) is 0 Å². The van der Waals surface area contributed by atoms with Crippen molar-refractivity contribution in [1.82, 2.24) is 10.2 Å². The van der Waals surface area contributed by atoms with Gasteiger partial charge in [-0.25, -0.2) is 0 Å². The number of aromatic nitrogens is 2. The van der Waals surface area contributed by atoms with E-state index in [1.165, 1.54) is 0 Å².